The van der Waals surface area contributed by atoms with Crippen molar-refractivity contribution in [1.82, 2.24) is 4.57 Å². The zero-order valence-electron chi connectivity index (χ0n) is 12.8. The normalized spacial score (nSPS) is 17.5. The zero-order chi connectivity index (χ0) is 14.6. The van der Waals surface area contributed by atoms with Gasteiger partial charge in [0.25, 0.3) is 0 Å². The Bertz CT molecular complexity index is 822. The van der Waals surface area contributed by atoms with Crippen molar-refractivity contribution < 1.29 is 0 Å². The quantitative estimate of drug-likeness (QED) is 0.723. The van der Waals surface area contributed by atoms with Crippen LogP contribution >= 0.6 is 0 Å². The van der Waals surface area contributed by atoms with Gasteiger partial charge in [0.05, 0.1) is 0 Å². The van der Waals surface area contributed by atoms with E-state index in [0.29, 0.717) is 6.04 Å². The maximum Gasteiger partial charge on any atom is 0.0494 e. The molecule has 2 nitrogen and oxygen atoms in total. The van der Waals surface area contributed by atoms with E-state index in [-0.39, 0.29) is 5.54 Å². The zero-order valence-corrected chi connectivity index (χ0v) is 12.8. The van der Waals surface area contributed by atoms with E-state index in [1.807, 2.05) is 0 Å². The van der Waals surface area contributed by atoms with E-state index in [4.69, 9.17) is 5.73 Å². The molecule has 2 heteroatoms. The van der Waals surface area contributed by atoms with Gasteiger partial charge in [0, 0.05) is 33.4 Å². The van der Waals surface area contributed by atoms with Crippen molar-refractivity contribution >= 4 is 21.8 Å². The molecule has 1 heterocycles. The standard InChI is InChI=1S/C19H22N2/c1-13(2)21-17-7-4-3-6-15(17)16-12-14(8-9-18(16)21)19(20)10-5-11-19/h3-4,6-9,12-13H,5,10-11,20H2,1-2H3. The first-order chi connectivity index (χ1) is 10.1. The number of para-hydroxylation sites is 1. The van der Waals surface area contributed by atoms with E-state index < -0.39 is 0 Å². The van der Waals surface area contributed by atoms with Crippen LogP contribution in [0.5, 0.6) is 0 Å². The summed E-state index contributed by atoms with van der Waals surface area (Å²) < 4.78 is 2.43. The molecule has 0 aliphatic heterocycles. The molecule has 1 aliphatic carbocycles. The maximum absolute atomic E-state index is 6.52. The second kappa shape index (κ2) is 4.35. The van der Waals surface area contributed by atoms with Gasteiger partial charge in [-0.15, -0.1) is 0 Å². The smallest absolute Gasteiger partial charge is 0.0494 e. The number of nitrogens with zero attached hydrogens (tertiary/aromatic N) is 1. The van der Waals surface area contributed by atoms with Crippen molar-refractivity contribution in [2.24, 2.45) is 5.73 Å². The van der Waals surface area contributed by atoms with Gasteiger partial charge in [-0.2, -0.15) is 0 Å². The molecule has 1 aliphatic rings. The molecule has 0 amide bonds. The Labute approximate surface area is 125 Å². The first kappa shape index (κ1) is 12.9. The molecular weight excluding hydrogens is 256 g/mol. The van der Waals surface area contributed by atoms with Crippen molar-refractivity contribution in [3.8, 4) is 0 Å². The fourth-order valence-electron chi connectivity index (χ4n) is 3.72. The number of benzene rings is 2. The van der Waals surface area contributed by atoms with E-state index in [1.54, 1.807) is 0 Å². The van der Waals surface area contributed by atoms with Gasteiger partial charge < -0.3 is 10.3 Å². The van der Waals surface area contributed by atoms with Crippen LogP contribution in [0.4, 0.5) is 0 Å². The molecule has 0 atom stereocenters. The average molecular weight is 278 g/mol. The lowest BCUT2D eigenvalue weighted by molar-refractivity contribution is 0.254. The topological polar surface area (TPSA) is 30.9 Å². The summed E-state index contributed by atoms with van der Waals surface area (Å²) in [6.45, 7) is 4.49. The fourth-order valence-corrected chi connectivity index (χ4v) is 3.72. The highest BCUT2D eigenvalue weighted by Crippen LogP contribution is 2.41. The molecule has 2 N–H and O–H groups in total. The van der Waals surface area contributed by atoms with Crippen LogP contribution in [0.25, 0.3) is 21.8 Å². The first-order valence-electron chi connectivity index (χ1n) is 7.92. The van der Waals surface area contributed by atoms with Crippen LogP contribution in [0.15, 0.2) is 42.5 Å². The second-order valence-corrected chi connectivity index (χ2v) is 6.72. The lowest BCUT2D eigenvalue weighted by Gasteiger charge is -2.38. The molecule has 0 saturated heterocycles. The Kier molecular flexibility index (Phi) is 2.67. The molecule has 0 unspecified atom stereocenters. The maximum atomic E-state index is 6.52. The van der Waals surface area contributed by atoms with E-state index in [1.165, 1.54) is 33.8 Å². The molecule has 2 aromatic carbocycles. The molecule has 0 bridgehead atoms. The van der Waals surface area contributed by atoms with Crippen molar-refractivity contribution in [2.45, 2.75) is 44.7 Å². The number of hydrogen-bond acceptors (Lipinski definition) is 1. The number of rotatable bonds is 2. The highest BCUT2D eigenvalue weighted by atomic mass is 15.0. The van der Waals surface area contributed by atoms with Gasteiger partial charge >= 0.3 is 0 Å². The highest BCUT2D eigenvalue weighted by Gasteiger charge is 2.34. The third-order valence-electron chi connectivity index (χ3n) is 5.05. The van der Waals surface area contributed by atoms with Crippen molar-refractivity contribution in [3.63, 3.8) is 0 Å². The van der Waals surface area contributed by atoms with Crippen LogP contribution in [0.1, 0.15) is 44.7 Å². The summed E-state index contributed by atoms with van der Waals surface area (Å²) in [5, 5.41) is 2.68. The number of hydrogen-bond donors (Lipinski definition) is 1. The lowest BCUT2D eigenvalue weighted by atomic mass is 9.72. The second-order valence-electron chi connectivity index (χ2n) is 6.72. The van der Waals surface area contributed by atoms with Crippen LogP contribution in [0, 0.1) is 0 Å². The van der Waals surface area contributed by atoms with Gasteiger partial charge in [-0.25, -0.2) is 0 Å². The molecule has 21 heavy (non-hydrogen) atoms. The summed E-state index contributed by atoms with van der Waals surface area (Å²) in [6.07, 6.45) is 3.48. The molecule has 1 fully saturated rings. The van der Waals surface area contributed by atoms with E-state index >= 15 is 0 Å². The van der Waals surface area contributed by atoms with Crippen LogP contribution in [-0.4, -0.2) is 4.57 Å². The number of aromatic nitrogens is 1. The first-order valence-corrected chi connectivity index (χ1v) is 7.92. The monoisotopic (exact) mass is 278 g/mol. The van der Waals surface area contributed by atoms with E-state index in [9.17, 15) is 0 Å². The van der Waals surface area contributed by atoms with Gasteiger partial charge in [0.2, 0.25) is 0 Å². The molecular formula is C19H22N2. The minimum absolute atomic E-state index is 0.0881. The average Bonchev–Trinajstić information content (AvgIpc) is 2.78. The Morgan fingerprint density at radius 2 is 1.71 bits per heavy atom. The summed E-state index contributed by atoms with van der Waals surface area (Å²) >= 11 is 0. The molecule has 0 radical (unpaired) electrons. The van der Waals surface area contributed by atoms with Gasteiger partial charge in [0.15, 0.2) is 0 Å². The molecule has 0 spiro atoms. The van der Waals surface area contributed by atoms with E-state index in [2.05, 4.69) is 60.9 Å². The minimum atomic E-state index is -0.0881. The van der Waals surface area contributed by atoms with Crippen molar-refractivity contribution in [2.75, 3.05) is 0 Å². The van der Waals surface area contributed by atoms with Gasteiger partial charge in [0.1, 0.15) is 0 Å². The van der Waals surface area contributed by atoms with Gasteiger partial charge in [-0.05, 0) is 56.9 Å². The summed E-state index contributed by atoms with van der Waals surface area (Å²) in [7, 11) is 0. The van der Waals surface area contributed by atoms with Gasteiger partial charge in [-0.3, -0.25) is 0 Å². The van der Waals surface area contributed by atoms with Gasteiger partial charge in [-0.1, -0.05) is 24.3 Å². The lowest BCUT2D eigenvalue weighted by Crippen LogP contribution is -2.43. The molecule has 1 saturated carbocycles. The van der Waals surface area contributed by atoms with Crippen LogP contribution in [0.3, 0.4) is 0 Å². The Hall–Kier alpha value is -1.80. The number of fused-ring (bicyclic) bond motifs is 3. The van der Waals surface area contributed by atoms with Crippen LogP contribution < -0.4 is 5.73 Å². The Balaban J connectivity index is 2.05. The highest BCUT2D eigenvalue weighted by molar-refractivity contribution is 6.08. The minimum Gasteiger partial charge on any atom is -0.338 e. The van der Waals surface area contributed by atoms with E-state index in [0.717, 1.165) is 12.8 Å². The summed E-state index contributed by atoms with van der Waals surface area (Å²) in [5.41, 5.74) is 10.4. The molecule has 4 rings (SSSR count). The largest absolute Gasteiger partial charge is 0.338 e. The number of nitrogens with two attached hydrogens (primary N) is 1. The predicted molar refractivity (Wildman–Crippen MR) is 89.5 cm³/mol. The molecule has 3 aromatic rings. The van der Waals surface area contributed by atoms with Crippen LogP contribution in [0.2, 0.25) is 0 Å². The fraction of sp³-hybridized carbons (Fsp3) is 0.368. The van der Waals surface area contributed by atoms with Crippen molar-refractivity contribution in [3.05, 3.63) is 48.0 Å². The SMILES string of the molecule is CC(C)n1c2ccccc2c2cc(C3(N)CCC3)ccc21. The predicted octanol–water partition coefficient (Wildman–Crippen LogP) is 4.71. The van der Waals surface area contributed by atoms with Crippen molar-refractivity contribution in [1.29, 1.82) is 0 Å². The third kappa shape index (κ3) is 1.75. The molecule has 1 aromatic heterocycles. The Morgan fingerprint density at radius 1 is 1.00 bits per heavy atom. The summed E-state index contributed by atoms with van der Waals surface area (Å²) in [6, 6.07) is 16.0. The molecule has 108 valence electrons. The summed E-state index contributed by atoms with van der Waals surface area (Å²) in [4.78, 5) is 0. The Morgan fingerprint density at radius 3 is 2.38 bits per heavy atom. The van der Waals surface area contributed by atoms with Crippen LogP contribution in [-0.2, 0) is 5.54 Å². The summed E-state index contributed by atoms with van der Waals surface area (Å²) in [5.74, 6) is 0. The third-order valence-corrected chi connectivity index (χ3v) is 5.05.